The molecule has 1 aromatic heterocycles. The fourth-order valence-electron chi connectivity index (χ4n) is 3.96. The highest BCUT2D eigenvalue weighted by atomic mass is 16.1. The summed E-state index contributed by atoms with van der Waals surface area (Å²) in [4.78, 5) is 12.0. The maximum absolute atomic E-state index is 12.0. The normalized spacial score (nSPS) is 29.1. The van der Waals surface area contributed by atoms with Gasteiger partial charge in [0.2, 0.25) is 5.91 Å². The van der Waals surface area contributed by atoms with Crippen molar-refractivity contribution in [2.24, 2.45) is 11.7 Å². The second kappa shape index (κ2) is 5.79. The minimum absolute atomic E-state index is 0.114. The van der Waals surface area contributed by atoms with E-state index >= 15 is 0 Å². The molecule has 116 valence electrons. The van der Waals surface area contributed by atoms with Gasteiger partial charge in [0.1, 0.15) is 0 Å². The topological polar surface area (TPSA) is 72.9 Å². The Morgan fingerprint density at radius 3 is 2.71 bits per heavy atom. The molecule has 21 heavy (non-hydrogen) atoms. The van der Waals surface area contributed by atoms with Crippen LogP contribution in [-0.2, 0) is 11.3 Å². The number of carbonyl (C=O) groups is 1. The molecule has 1 fully saturated rings. The predicted molar refractivity (Wildman–Crippen MR) is 83.2 cm³/mol. The number of fused-ring (bicyclic) bond motifs is 1. The molecule has 5 heteroatoms. The van der Waals surface area contributed by atoms with Crippen molar-refractivity contribution in [1.29, 1.82) is 0 Å². The number of hydrogen-bond acceptors (Lipinski definition) is 3. The van der Waals surface area contributed by atoms with Crippen molar-refractivity contribution in [3.05, 3.63) is 11.3 Å². The van der Waals surface area contributed by atoms with Crippen LogP contribution in [0.2, 0.25) is 0 Å². The van der Waals surface area contributed by atoms with Gasteiger partial charge < -0.3 is 11.1 Å². The highest BCUT2D eigenvalue weighted by molar-refractivity contribution is 5.93. The van der Waals surface area contributed by atoms with Crippen molar-refractivity contribution < 1.29 is 4.79 Å². The van der Waals surface area contributed by atoms with Gasteiger partial charge in [0.15, 0.2) is 5.82 Å². The number of aryl methyl sites for hydroxylation is 1. The quantitative estimate of drug-likeness (QED) is 0.898. The second-order valence-corrected chi connectivity index (χ2v) is 6.60. The number of hydrogen-bond donors (Lipinski definition) is 2. The average molecular weight is 290 g/mol. The summed E-state index contributed by atoms with van der Waals surface area (Å²) in [5.74, 6) is 1.82. The molecule has 0 bridgehead atoms. The second-order valence-electron chi connectivity index (χ2n) is 6.60. The Kier molecular flexibility index (Phi) is 4.02. The minimum atomic E-state index is 0.114. The summed E-state index contributed by atoms with van der Waals surface area (Å²) < 4.78 is 2.05. The van der Waals surface area contributed by atoms with Crippen LogP contribution in [0.4, 0.5) is 5.82 Å². The Hall–Kier alpha value is -1.36. The third kappa shape index (κ3) is 2.71. The standard InChI is InChI=1S/C16H26N4O/c1-3-8-20-10(2)15-13(9-14(21)18-16(15)19-20)11-4-6-12(17)7-5-11/h11-13H,3-9,17H2,1-2H3,(H,18,19,21)/t11?,12?,13-/m0/s1. The Morgan fingerprint density at radius 2 is 2.05 bits per heavy atom. The zero-order valence-corrected chi connectivity index (χ0v) is 13.1. The summed E-state index contributed by atoms with van der Waals surface area (Å²) in [6.45, 7) is 5.20. The molecular formula is C16H26N4O. The van der Waals surface area contributed by atoms with E-state index < -0.39 is 0 Å². The number of anilines is 1. The van der Waals surface area contributed by atoms with Crippen LogP contribution in [0.3, 0.4) is 0 Å². The van der Waals surface area contributed by atoms with E-state index in [0.717, 1.165) is 44.5 Å². The Bertz CT molecular complexity index is 529. The van der Waals surface area contributed by atoms with E-state index in [4.69, 9.17) is 5.73 Å². The lowest BCUT2D eigenvalue weighted by atomic mass is 9.73. The zero-order valence-electron chi connectivity index (χ0n) is 13.1. The molecule has 1 aromatic rings. The first kappa shape index (κ1) is 14.6. The largest absolute Gasteiger partial charge is 0.328 e. The molecule has 3 rings (SSSR count). The number of nitrogens with zero attached hydrogens (tertiary/aromatic N) is 2. The maximum Gasteiger partial charge on any atom is 0.226 e. The molecule has 1 aliphatic heterocycles. The molecule has 3 N–H and O–H groups in total. The molecule has 2 aliphatic rings. The van der Waals surface area contributed by atoms with E-state index in [1.54, 1.807) is 0 Å². The smallest absolute Gasteiger partial charge is 0.226 e. The van der Waals surface area contributed by atoms with Crippen molar-refractivity contribution in [2.75, 3.05) is 5.32 Å². The summed E-state index contributed by atoms with van der Waals surface area (Å²) in [7, 11) is 0. The maximum atomic E-state index is 12.0. The van der Waals surface area contributed by atoms with Crippen LogP contribution in [0, 0.1) is 12.8 Å². The number of carbonyl (C=O) groups excluding carboxylic acids is 1. The summed E-state index contributed by atoms with van der Waals surface area (Å²) >= 11 is 0. The van der Waals surface area contributed by atoms with Gasteiger partial charge >= 0.3 is 0 Å². The van der Waals surface area contributed by atoms with Crippen molar-refractivity contribution in [1.82, 2.24) is 9.78 Å². The van der Waals surface area contributed by atoms with Crippen molar-refractivity contribution in [3.63, 3.8) is 0 Å². The van der Waals surface area contributed by atoms with Gasteiger partial charge in [-0.1, -0.05) is 6.92 Å². The number of nitrogens with one attached hydrogen (secondary N) is 1. The molecular weight excluding hydrogens is 264 g/mol. The van der Waals surface area contributed by atoms with Crippen LogP contribution in [0.15, 0.2) is 0 Å². The molecule has 1 saturated carbocycles. The van der Waals surface area contributed by atoms with Gasteiger partial charge in [-0.25, -0.2) is 0 Å². The van der Waals surface area contributed by atoms with Crippen LogP contribution in [0.1, 0.15) is 62.6 Å². The molecule has 0 spiro atoms. The Balaban J connectivity index is 1.91. The van der Waals surface area contributed by atoms with E-state index in [0.29, 0.717) is 24.3 Å². The monoisotopic (exact) mass is 290 g/mol. The van der Waals surface area contributed by atoms with Crippen molar-refractivity contribution >= 4 is 11.7 Å². The van der Waals surface area contributed by atoms with E-state index in [9.17, 15) is 4.79 Å². The molecule has 1 aliphatic carbocycles. The van der Waals surface area contributed by atoms with Crippen molar-refractivity contribution in [3.8, 4) is 0 Å². The molecule has 0 unspecified atom stereocenters. The Labute approximate surface area is 126 Å². The third-order valence-corrected chi connectivity index (χ3v) is 5.11. The lowest BCUT2D eigenvalue weighted by Gasteiger charge is -2.34. The third-order valence-electron chi connectivity index (χ3n) is 5.11. The number of aromatic nitrogens is 2. The SMILES string of the molecule is CCCn1nc2c(c1C)[C@H](C1CCC(N)CC1)CC(=O)N2. The van der Waals surface area contributed by atoms with E-state index in [1.165, 1.54) is 11.3 Å². The van der Waals surface area contributed by atoms with Gasteiger partial charge in [-0.3, -0.25) is 9.48 Å². The number of amides is 1. The van der Waals surface area contributed by atoms with Crippen LogP contribution in [-0.4, -0.2) is 21.7 Å². The zero-order chi connectivity index (χ0) is 15.0. The average Bonchev–Trinajstić information content (AvgIpc) is 2.76. The first-order chi connectivity index (χ1) is 10.1. The fraction of sp³-hybridized carbons (Fsp3) is 0.750. The fourth-order valence-corrected chi connectivity index (χ4v) is 3.96. The first-order valence-corrected chi connectivity index (χ1v) is 8.22. The molecule has 2 heterocycles. The highest BCUT2D eigenvalue weighted by Crippen LogP contribution is 2.44. The van der Waals surface area contributed by atoms with E-state index in [2.05, 4.69) is 28.9 Å². The first-order valence-electron chi connectivity index (χ1n) is 8.22. The van der Waals surface area contributed by atoms with Gasteiger partial charge in [0.05, 0.1) is 0 Å². The van der Waals surface area contributed by atoms with E-state index in [1.807, 2.05) is 0 Å². The van der Waals surface area contributed by atoms with Gasteiger partial charge in [0, 0.05) is 36.2 Å². The van der Waals surface area contributed by atoms with Gasteiger partial charge in [-0.2, -0.15) is 5.10 Å². The minimum Gasteiger partial charge on any atom is -0.328 e. The predicted octanol–water partition coefficient (Wildman–Crippen LogP) is 2.54. The number of nitrogens with two attached hydrogens (primary N) is 1. The molecule has 0 radical (unpaired) electrons. The van der Waals surface area contributed by atoms with Crippen LogP contribution in [0.5, 0.6) is 0 Å². The molecule has 1 amide bonds. The summed E-state index contributed by atoms with van der Waals surface area (Å²) in [5, 5.41) is 7.57. The van der Waals surface area contributed by atoms with Gasteiger partial charge in [-0.15, -0.1) is 0 Å². The molecule has 0 saturated heterocycles. The van der Waals surface area contributed by atoms with Crippen molar-refractivity contribution in [2.45, 2.75) is 70.9 Å². The summed E-state index contributed by atoms with van der Waals surface area (Å²) in [5.41, 5.74) is 8.54. The van der Waals surface area contributed by atoms with E-state index in [-0.39, 0.29) is 5.91 Å². The molecule has 5 nitrogen and oxygen atoms in total. The Morgan fingerprint density at radius 1 is 1.33 bits per heavy atom. The van der Waals surface area contributed by atoms with Crippen LogP contribution < -0.4 is 11.1 Å². The lowest BCUT2D eigenvalue weighted by Crippen LogP contribution is -2.32. The highest BCUT2D eigenvalue weighted by Gasteiger charge is 2.36. The summed E-state index contributed by atoms with van der Waals surface area (Å²) in [6, 6.07) is 0.349. The molecule has 1 atom stereocenters. The van der Waals surface area contributed by atoms with Crippen LogP contribution in [0.25, 0.3) is 0 Å². The molecule has 0 aromatic carbocycles. The van der Waals surface area contributed by atoms with Gasteiger partial charge in [0.25, 0.3) is 0 Å². The summed E-state index contributed by atoms with van der Waals surface area (Å²) in [6.07, 6.45) is 6.10. The van der Waals surface area contributed by atoms with Gasteiger partial charge in [-0.05, 0) is 44.9 Å². The number of rotatable bonds is 3. The lowest BCUT2D eigenvalue weighted by molar-refractivity contribution is -0.117. The van der Waals surface area contributed by atoms with Crippen LogP contribution >= 0.6 is 0 Å².